The quantitative estimate of drug-likeness (QED) is 0.489. The number of nitrogens with two attached hydrogens (primary N) is 1. The second-order valence-electron chi connectivity index (χ2n) is 4.72. The first-order valence-electron chi connectivity index (χ1n) is 8.51. The first kappa shape index (κ1) is 29.4. The minimum atomic E-state index is 0.0819. The molecule has 0 spiro atoms. The largest absolute Gasteiger partial charge is 0.333 e. The van der Waals surface area contributed by atoms with E-state index in [1.165, 1.54) is 38.6 Å². The standard InChI is InChI=1S/C13H18ClNO.C3H6OS.C2H4O.CH5N/c1-2-3-4-5-6-13(16)15-12-9-7-11(14)8-10-12;1-5-3-2-4;1-2-3;1-2/h7-10H,2-6H2,1H3,(H,15,16);2H,3H2,1H3;2H,1H3;2H2,1H3. The number of rotatable bonds is 8. The van der Waals surface area contributed by atoms with Crippen LogP contribution in [-0.2, 0) is 14.4 Å². The van der Waals surface area contributed by atoms with Gasteiger partial charge in [-0.2, -0.15) is 11.8 Å². The molecule has 0 aliphatic carbocycles. The minimum Gasteiger partial charge on any atom is -0.333 e. The summed E-state index contributed by atoms with van der Waals surface area (Å²) in [6.07, 6.45) is 8.63. The molecule has 0 saturated carbocycles. The van der Waals surface area contributed by atoms with Gasteiger partial charge in [-0.25, -0.2) is 0 Å². The number of thioether (sulfide) groups is 1. The molecule has 0 aromatic heterocycles. The molecular weight excluding hydrogens is 372 g/mol. The van der Waals surface area contributed by atoms with Crippen molar-refractivity contribution in [2.45, 2.75) is 46.0 Å². The highest BCUT2D eigenvalue weighted by atomic mass is 35.5. The van der Waals surface area contributed by atoms with E-state index in [1.807, 2.05) is 18.4 Å². The maximum atomic E-state index is 11.5. The zero-order valence-electron chi connectivity index (χ0n) is 16.3. The summed E-state index contributed by atoms with van der Waals surface area (Å²) in [5.74, 6) is 0.707. The van der Waals surface area contributed by atoms with Crippen molar-refractivity contribution in [2.75, 3.05) is 24.4 Å². The van der Waals surface area contributed by atoms with E-state index in [-0.39, 0.29) is 5.91 Å². The molecule has 0 aliphatic heterocycles. The third-order valence-electron chi connectivity index (χ3n) is 2.62. The lowest BCUT2D eigenvalue weighted by molar-refractivity contribution is -0.116. The van der Waals surface area contributed by atoms with Gasteiger partial charge >= 0.3 is 0 Å². The fourth-order valence-corrected chi connectivity index (χ4v) is 1.80. The maximum Gasteiger partial charge on any atom is 0.224 e. The number of hydrogen-bond acceptors (Lipinski definition) is 5. The Morgan fingerprint density at radius 2 is 1.69 bits per heavy atom. The van der Waals surface area contributed by atoms with Gasteiger partial charge in [0.15, 0.2) is 0 Å². The molecule has 1 aromatic carbocycles. The van der Waals surface area contributed by atoms with Crippen molar-refractivity contribution in [1.29, 1.82) is 0 Å². The van der Waals surface area contributed by atoms with Crippen LogP contribution < -0.4 is 11.1 Å². The van der Waals surface area contributed by atoms with Gasteiger partial charge in [-0.1, -0.05) is 37.8 Å². The number of benzene rings is 1. The smallest absolute Gasteiger partial charge is 0.224 e. The Hall–Kier alpha value is -1.37. The summed E-state index contributed by atoms with van der Waals surface area (Å²) in [4.78, 5) is 29.7. The summed E-state index contributed by atoms with van der Waals surface area (Å²) in [5, 5.41) is 3.53. The van der Waals surface area contributed by atoms with E-state index in [4.69, 9.17) is 16.4 Å². The summed E-state index contributed by atoms with van der Waals surface area (Å²) in [5.41, 5.74) is 5.31. The second kappa shape index (κ2) is 25.9. The van der Waals surface area contributed by atoms with Crippen molar-refractivity contribution in [3.05, 3.63) is 29.3 Å². The molecular formula is C19H33ClN2O3S. The van der Waals surface area contributed by atoms with Crippen molar-refractivity contribution in [3.8, 4) is 0 Å². The number of amides is 1. The van der Waals surface area contributed by atoms with Gasteiger partial charge in [0.05, 0.1) is 0 Å². The fourth-order valence-electron chi connectivity index (χ4n) is 1.54. The van der Waals surface area contributed by atoms with Gasteiger partial charge in [-0.05, 0) is 50.9 Å². The molecule has 0 bridgehead atoms. The molecule has 5 nitrogen and oxygen atoms in total. The Bertz CT molecular complexity index is 443. The van der Waals surface area contributed by atoms with Crippen LogP contribution in [0.5, 0.6) is 0 Å². The number of nitrogens with one attached hydrogen (secondary N) is 1. The average molecular weight is 405 g/mol. The van der Waals surface area contributed by atoms with Crippen molar-refractivity contribution < 1.29 is 14.4 Å². The molecule has 0 saturated heterocycles. The van der Waals surface area contributed by atoms with Crippen LogP contribution in [0.25, 0.3) is 0 Å². The Morgan fingerprint density at radius 3 is 2.08 bits per heavy atom. The zero-order valence-corrected chi connectivity index (χ0v) is 17.9. The Balaban J connectivity index is -0.000000441. The predicted molar refractivity (Wildman–Crippen MR) is 115 cm³/mol. The first-order valence-corrected chi connectivity index (χ1v) is 10.3. The van der Waals surface area contributed by atoms with Crippen LogP contribution in [0, 0.1) is 0 Å². The number of aldehydes is 2. The molecule has 1 aromatic rings. The summed E-state index contributed by atoms with van der Waals surface area (Å²) in [6, 6.07) is 7.17. The molecule has 3 N–H and O–H groups in total. The highest BCUT2D eigenvalue weighted by Crippen LogP contribution is 2.14. The number of carbonyl (C=O) groups excluding carboxylic acids is 3. The maximum absolute atomic E-state index is 11.5. The number of halogens is 1. The van der Waals surface area contributed by atoms with Gasteiger partial charge in [0.1, 0.15) is 12.6 Å². The third-order valence-corrected chi connectivity index (χ3v) is 3.34. The van der Waals surface area contributed by atoms with Crippen molar-refractivity contribution in [2.24, 2.45) is 5.73 Å². The lowest BCUT2D eigenvalue weighted by Crippen LogP contribution is -2.10. The first-order chi connectivity index (χ1) is 12.5. The van der Waals surface area contributed by atoms with Gasteiger partial charge in [0, 0.05) is 22.9 Å². The highest BCUT2D eigenvalue weighted by Gasteiger charge is 2.01. The van der Waals surface area contributed by atoms with Crippen LogP contribution in [0.3, 0.4) is 0 Å². The molecule has 0 radical (unpaired) electrons. The Kier molecular flexibility index (Phi) is 29.2. The van der Waals surface area contributed by atoms with Crippen molar-refractivity contribution >= 4 is 47.5 Å². The average Bonchev–Trinajstić information content (AvgIpc) is 2.64. The fraction of sp³-hybridized carbons (Fsp3) is 0.526. The highest BCUT2D eigenvalue weighted by molar-refractivity contribution is 7.99. The molecule has 150 valence electrons. The van der Waals surface area contributed by atoms with Gasteiger partial charge < -0.3 is 20.6 Å². The Morgan fingerprint density at radius 1 is 1.15 bits per heavy atom. The molecule has 0 heterocycles. The van der Waals surface area contributed by atoms with Crippen molar-refractivity contribution in [1.82, 2.24) is 0 Å². The number of hydrogen-bond donors (Lipinski definition) is 2. The van der Waals surface area contributed by atoms with Crippen LogP contribution in [-0.4, -0.2) is 37.5 Å². The molecule has 1 amide bonds. The molecule has 7 heteroatoms. The molecule has 0 unspecified atom stereocenters. The SMILES string of the molecule is CC=O.CCCCCCC(=O)Nc1ccc(Cl)cc1.CN.CSCC=O. The normalized spacial score (nSPS) is 8.38. The summed E-state index contributed by atoms with van der Waals surface area (Å²) >= 11 is 7.29. The number of unbranched alkanes of at least 4 members (excludes halogenated alkanes) is 3. The molecule has 0 atom stereocenters. The van der Waals surface area contributed by atoms with E-state index in [0.717, 1.165) is 31.1 Å². The van der Waals surface area contributed by atoms with Gasteiger partial charge in [-0.3, -0.25) is 4.79 Å². The van der Waals surface area contributed by atoms with E-state index in [1.54, 1.807) is 12.1 Å². The van der Waals surface area contributed by atoms with Crippen LogP contribution in [0.15, 0.2) is 24.3 Å². The number of anilines is 1. The summed E-state index contributed by atoms with van der Waals surface area (Å²) in [6.45, 7) is 3.60. The topological polar surface area (TPSA) is 89.3 Å². The van der Waals surface area contributed by atoms with E-state index in [0.29, 0.717) is 17.2 Å². The third kappa shape index (κ3) is 24.9. The number of carbonyl (C=O) groups is 3. The zero-order chi connectivity index (χ0) is 20.6. The van der Waals surface area contributed by atoms with Gasteiger partial charge in [0.25, 0.3) is 0 Å². The lowest BCUT2D eigenvalue weighted by atomic mass is 10.1. The molecule has 26 heavy (non-hydrogen) atoms. The lowest BCUT2D eigenvalue weighted by Gasteiger charge is -2.04. The van der Waals surface area contributed by atoms with Gasteiger partial charge in [-0.15, -0.1) is 0 Å². The van der Waals surface area contributed by atoms with Gasteiger partial charge in [0.2, 0.25) is 5.91 Å². The summed E-state index contributed by atoms with van der Waals surface area (Å²) in [7, 11) is 1.50. The van der Waals surface area contributed by atoms with E-state index in [2.05, 4.69) is 18.0 Å². The monoisotopic (exact) mass is 404 g/mol. The van der Waals surface area contributed by atoms with Crippen LogP contribution in [0.2, 0.25) is 5.02 Å². The molecule has 1 rings (SSSR count). The van der Waals surface area contributed by atoms with Crippen LogP contribution in [0.1, 0.15) is 46.0 Å². The van der Waals surface area contributed by atoms with Crippen molar-refractivity contribution in [3.63, 3.8) is 0 Å². The molecule has 0 fully saturated rings. The summed E-state index contributed by atoms with van der Waals surface area (Å²) < 4.78 is 0. The van der Waals surface area contributed by atoms with E-state index >= 15 is 0 Å². The van der Waals surface area contributed by atoms with Crippen LogP contribution >= 0.6 is 23.4 Å². The minimum absolute atomic E-state index is 0.0819. The van der Waals surface area contributed by atoms with E-state index in [9.17, 15) is 9.59 Å². The van der Waals surface area contributed by atoms with Crippen LogP contribution in [0.4, 0.5) is 5.69 Å². The Labute approximate surface area is 167 Å². The second-order valence-corrected chi connectivity index (χ2v) is 6.07. The predicted octanol–water partition coefficient (Wildman–Crippen LogP) is 4.58. The molecule has 0 aliphatic rings. The van der Waals surface area contributed by atoms with E-state index < -0.39 is 0 Å².